The molecule has 0 radical (unpaired) electrons. The number of anilines is 1. The smallest absolute Gasteiger partial charge is 0.319 e. The lowest BCUT2D eigenvalue weighted by molar-refractivity contribution is 0.244. The zero-order valence-electron chi connectivity index (χ0n) is 11.9. The molecule has 0 spiro atoms. The average molecular weight is 277 g/mol. The summed E-state index contributed by atoms with van der Waals surface area (Å²) in [5.41, 5.74) is 6.78. The molecule has 1 aliphatic carbocycles. The van der Waals surface area contributed by atoms with E-state index in [0.29, 0.717) is 12.5 Å². The maximum atomic E-state index is 11.9. The Kier molecular flexibility index (Phi) is 5.24. The highest BCUT2D eigenvalue weighted by atomic mass is 16.5. The van der Waals surface area contributed by atoms with Crippen LogP contribution in [0, 0.1) is 5.92 Å². The van der Waals surface area contributed by atoms with E-state index in [4.69, 9.17) is 10.5 Å². The summed E-state index contributed by atoms with van der Waals surface area (Å²) in [4.78, 5) is 11.9. The van der Waals surface area contributed by atoms with E-state index in [0.717, 1.165) is 24.3 Å². The largest absolute Gasteiger partial charge is 0.497 e. The van der Waals surface area contributed by atoms with Crippen LogP contribution in [-0.4, -0.2) is 25.7 Å². The minimum atomic E-state index is -0.198. The molecule has 2 rings (SSSR count). The molecule has 20 heavy (non-hydrogen) atoms. The van der Waals surface area contributed by atoms with Crippen LogP contribution in [0.5, 0.6) is 5.75 Å². The predicted molar refractivity (Wildman–Crippen MR) is 79.9 cm³/mol. The second-order valence-electron chi connectivity index (χ2n) is 5.28. The average Bonchev–Trinajstić information content (AvgIpc) is 2.46. The van der Waals surface area contributed by atoms with Gasteiger partial charge in [-0.25, -0.2) is 4.79 Å². The van der Waals surface area contributed by atoms with Crippen LogP contribution in [0.25, 0.3) is 0 Å². The maximum Gasteiger partial charge on any atom is 0.319 e. The molecular weight excluding hydrogens is 254 g/mol. The number of nitrogens with two attached hydrogens (primary N) is 1. The molecular formula is C15H23N3O2. The molecule has 5 heteroatoms. The SMILES string of the molecule is COc1cccc(NC(=O)NCC2CCCCC2N)c1. The first-order valence-electron chi connectivity index (χ1n) is 7.13. The fourth-order valence-corrected chi connectivity index (χ4v) is 2.59. The molecule has 2 amide bonds. The summed E-state index contributed by atoms with van der Waals surface area (Å²) in [6, 6.07) is 7.30. The third-order valence-electron chi connectivity index (χ3n) is 3.82. The topological polar surface area (TPSA) is 76.4 Å². The van der Waals surface area contributed by atoms with Crippen molar-refractivity contribution in [1.29, 1.82) is 0 Å². The van der Waals surface area contributed by atoms with E-state index in [1.165, 1.54) is 12.8 Å². The van der Waals surface area contributed by atoms with Gasteiger partial charge < -0.3 is 21.1 Å². The first-order valence-corrected chi connectivity index (χ1v) is 7.13. The monoisotopic (exact) mass is 277 g/mol. The Morgan fingerprint density at radius 3 is 2.95 bits per heavy atom. The Balaban J connectivity index is 1.79. The molecule has 1 aliphatic rings. The van der Waals surface area contributed by atoms with E-state index in [9.17, 15) is 4.79 Å². The lowest BCUT2D eigenvalue weighted by Crippen LogP contribution is -2.42. The summed E-state index contributed by atoms with van der Waals surface area (Å²) in [6.07, 6.45) is 4.57. The minimum absolute atomic E-state index is 0.198. The Bertz CT molecular complexity index is 450. The van der Waals surface area contributed by atoms with Gasteiger partial charge in [-0.05, 0) is 30.9 Å². The second-order valence-corrected chi connectivity index (χ2v) is 5.28. The third kappa shape index (κ3) is 4.13. The Labute approximate surface area is 119 Å². The van der Waals surface area contributed by atoms with Crippen molar-refractivity contribution in [3.8, 4) is 5.75 Å². The minimum Gasteiger partial charge on any atom is -0.497 e. The van der Waals surface area contributed by atoms with Gasteiger partial charge in [0.05, 0.1) is 7.11 Å². The van der Waals surface area contributed by atoms with Crippen molar-refractivity contribution >= 4 is 11.7 Å². The molecule has 0 heterocycles. The van der Waals surface area contributed by atoms with Gasteiger partial charge in [0.1, 0.15) is 5.75 Å². The molecule has 1 aromatic rings. The summed E-state index contributed by atoms with van der Waals surface area (Å²) in [7, 11) is 1.60. The van der Waals surface area contributed by atoms with Crippen molar-refractivity contribution in [3.63, 3.8) is 0 Å². The summed E-state index contributed by atoms with van der Waals surface area (Å²) < 4.78 is 5.12. The molecule has 2 atom stereocenters. The lowest BCUT2D eigenvalue weighted by Gasteiger charge is -2.28. The van der Waals surface area contributed by atoms with Crippen molar-refractivity contribution in [2.45, 2.75) is 31.7 Å². The number of ether oxygens (including phenoxy) is 1. The van der Waals surface area contributed by atoms with Gasteiger partial charge >= 0.3 is 6.03 Å². The van der Waals surface area contributed by atoms with E-state index in [2.05, 4.69) is 10.6 Å². The van der Waals surface area contributed by atoms with Crippen molar-refractivity contribution in [2.24, 2.45) is 11.7 Å². The van der Waals surface area contributed by atoms with E-state index < -0.39 is 0 Å². The van der Waals surface area contributed by atoms with Crippen molar-refractivity contribution in [3.05, 3.63) is 24.3 Å². The van der Waals surface area contributed by atoms with Gasteiger partial charge in [-0.15, -0.1) is 0 Å². The van der Waals surface area contributed by atoms with E-state index >= 15 is 0 Å². The van der Waals surface area contributed by atoms with Gasteiger partial charge in [0.25, 0.3) is 0 Å². The second kappa shape index (κ2) is 7.14. The van der Waals surface area contributed by atoms with Crippen LogP contribution in [0.2, 0.25) is 0 Å². The normalized spacial score (nSPS) is 22.1. The van der Waals surface area contributed by atoms with Crippen molar-refractivity contribution in [2.75, 3.05) is 19.0 Å². The zero-order valence-corrected chi connectivity index (χ0v) is 11.9. The number of rotatable bonds is 4. The van der Waals surface area contributed by atoms with Gasteiger partial charge in [-0.1, -0.05) is 18.9 Å². The number of hydrogen-bond acceptors (Lipinski definition) is 3. The molecule has 110 valence electrons. The first-order chi connectivity index (χ1) is 9.69. The number of benzene rings is 1. The molecule has 1 saturated carbocycles. The van der Waals surface area contributed by atoms with Crippen LogP contribution in [0.1, 0.15) is 25.7 Å². The van der Waals surface area contributed by atoms with Gasteiger partial charge in [-0.3, -0.25) is 0 Å². The summed E-state index contributed by atoms with van der Waals surface area (Å²) in [5, 5.41) is 5.70. The van der Waals surface area contributed by atoms with Crippen molar-refractivity contribution in [1.82, 2.24) is 5.32 Å². The van der Waals surface area contributed by atoms with Crippen LogP contribution >= 0.6 is 0 Å². The van der Waals surface area contributed by atoms with Gasteiger partial charge in [0, 0.05) is 24.3 Å². The molecule has 1 fully saturated rings. The van der Waals surface area contributed by atoms with Gasteiger partial charge in [0.2, 0.25) is 0 Å². The molecule has 0 saturated heterocycles. The van der Waals surface area contributed by atoms with Gasteiger partial charge in [-0.2, -0.15) is 0 Å². The number of carbonyl (C=O) groups is 1. The van der Waals surface area contributed by atoms with Crippen LogP contribution in [0.3, 0.4) is 0 Å². The zero-order chi connectivity index (χ0) is 14.4. The first kappa shape index (κ1) is 14.7. The third-order valence-corrected chi connectivity index (χ3v) is 3.82. The van der Waals surface area contributed by atoms with Crippen LogP contribution in [-0.2, 0) is 0 Å². The fraction of sp³-hybridized carbons (Fsp3) is 0.533. The molecule has 4 N–H and O–H groups in total. The number of methoxy groups -OCH3 is 1. The molecule has 5 nitrogen and oxygen atoms in total. The van der Waals surface area contributed by atoms with Gasteiger partial charge in [0.15, 0.2) is 0 Å². The van der Waals surface area contributed by atoms with Crippen molar-refractivity contribution < 1.29 is 9.53 Å². The highest BCUT2D eigenvalue weighted by molar-refractivity contribution is 5.89. The van der Waals surface area contributed by atoms with E-state index in [1.807, 2.05) is 18.2 Å². The fourth-order valence-electron chi connectivity index (χ4n) is 2.59. The highest BCUT2D eigenvalue weighted by Gasteiger charge is 2.21. The standard InChI is InChI=1S/C15H23N3O2/c1-20-13-7-4-6-12(9-13)18-15(19)17-10-11-5-2-3-8-14(11)16/h4,6-7,9,11,14H,2-3,5,8,10,16H2,1H3,(H2,17,18,19). The van der Waals surface area contributed by atoms with E-state index in [1.54, 1.807) is 13.2 Å². The van der Waals surface area contributed by atoms with Crippen LogP contribution in [0.4, 0.5) is 10.5 Å². The highest BCUT2D eigenvalue weighted by Crippen LogP contribution is 2.22. The Morgan fingerprint density at radius 2 is 2.20 bits per heavy atom. The van der Waals surface area contributed by atoms with E-state index in [-0.39, 0.29) is 12.1 Å². The Hall–Kier alpha value is -1.75. The number of carbonyl (C=O) groups excluding carboxylic acids is 1. The number of hydrogen-bond donors (Lipinski definition) is 3. The summed E-state index contributed by atoms with van der Waals surface area (Å²) in [5.74, 6) is 1.11. The maximum absolute atomic E-state index is 11.9. The van der Waals surface area contributed by atoms with Crippen LogP contribution < -0.4 is 21.1 Å². The summed E-state index contributed by atoms with van der Waals surface area (Å²) in [6.45, 7) is 0.636. The number of amides is 2. The number of urea groups is 1. The predicted octanol–water partition coefficient (Wildman–Crippen LogP) is 2.33. The molecule has 2 unspecified atom stereocenters. The summed E-state index contributed by atoms with van der Waals surface area (Å²) >= 11 is 0. The Morgan fingerprint density at radius 1 is 1.40 bits per heavy atom. The number of nitrogens with one attached hydrogen (secondary N) is 2. The molecule has 0 aromatic heterocycles. The quantitative estimate of drug-likeness (QED) is 0.790. The molecule has 0 bridgehead atoms. The molecule has 0 aliphatic heterocycles. The van der Waals surface area contributed by atoms with Crippen LogP contribution in [0.15, 0.2) is 24.3 Å². The lowest BCUT2D eigenvalue weighted by atomic mass is 9.85. The molecule has 1 aromatic carbocycles.